The van der Waals surface area contributed by atoms with Gasteiger partial charge in [0.1, 0.15) is 6.10 Å². The number of rotatable bonds is 6. The molecule has 37 heavy (non-hydrogen) atoms. The molecule has 1 N–H and O–H groups in total. The van der Waals surface area contributed by atoms with Crippen molar-refractivity contribution >= 4 is 11.9 Å². The summed E-state index contributed by atoms with van der Waals surface area (Å²) in [7, 11) is 0. The summed E-state index contributed by atoms with van der Waals surface area (Å²) in [6.07, 6.45) is 18.4. The van der Waals surface area contributed by atoms with Gasteiger partial charge in [-0.25, -0.2) is 0 Å². The van der Waals surface area contributed by atoms with Crippen molar-refractivity contribution in [3.05, 3.63) is 12.7 Å². The first kappa shape index (κ1) is 26.8. The van der Waals surface area contributed by atoms with Crippen LogP contribution in [0.4, 0.5) is 0 Å². The Balaban J connectivity index is 1.55. The Morgan fingerprint density at radius 3 is 2.43 bits per heavy atom. The summed E-state index contributed by atoms with van der Waals surface area (Å²) in [5.74, 6) is 4.53. The lowest BCUT2D eigenvalue weighted by Crippen LogP contribution is -2.62. The van der Waals surface area contributed by atoms with Gasteiger partial charge in [0.2, 0.25) is 0 Å². The molecule has 5 fully saturated rings. The van der Waals surface area contributed by atoms with Crippen LogP contribution in [0.5, 0.6) is 0 Å². The fraction of sp³-hybridized carbons (Fsp3) is 0.818. The van der Waals surface area contributed by atoms with E-state index in [0.29, 0.717) is 23.7 Å². The lowest BCUT2D eigenvalue weighted by atomic mass is 9.37. The van der Waals surface area contributed by atoms with Gasteiger partial charge < -0.3 is 9.84 Å². The summed E-state index contributed by atoms with van der Waals surface area (Å²) < 4.78 is 5.96. The smallest absolute Gasteiger partial charge is 0.303 e. The minimum absolute atomic E-state index is 0.0533. The molecular formula is C33H48O4. The molecule has 4 heteroatoms. The van der Waals surface area contributed by atoms with Crippen LogP contribution in [0.3, 0.4) is 0 Å². The molecule has 5 aliphatic carbocycles. The van der Waals surface area contributed by atoms with Gasteiger partial charge in [0, 0.05) is 29.6 Å². The molecule has 0 aromatic carbocycles. The predicted octanol–water partition coefficient (Wildman–Crippen LogP) is 7.27. The minimum atomic E-state index is -0.699. The Hall–Kier alpha value is -1.76. The van der Waals surface area contributed by atoms with Crippen LogP contribution in [-0.2, 0) is 14.3 Å². The zero-order valence-corrected chi connectivity index (χ0v) is 24.0. The average Bonchev–Trinajstić information content (AvgIpc) is 3.20. The SMILES string of the molecule is C#C[C@@]12CC[C@H]([C@H](C)CCC(=O)O)[C@@]1(C)CC[C@]13[C@H]2CC[C@@]2(C=C)C(C)(C)[C@@H](OC(C)=O)CC[C@]12[C@H]3C. The molecule has 0 aliphatic heterocycles. The summed E-state index contributed by atoms with van der Waals surface area (Å²) in [4.78, 5) is 23.4. The first-order chi connectivity index (χ1) is 17.3. The second-order valence-electron chi connectivity index (χ2n) is 14.4. The van der Waals surface area contributed by atoms with Crippen LogP contribution in [-0.4, -0.2) is 23.1 Å². The van der Waals surface area contributed by atoms with E-state index in [9.17, 15) is 14.7 Å². The van der Waals surface area contributed by atoms with Crippen molar-refractivity contribution in [2.75, 3.05) is 0 Å². The monoisotopic (exact) mass is 508 g/mol. The maximum absolute atomic E-state index is 12.0. The fourth-order valence-electron chi connectivity index (χ4n) is 12.5. The summed E-state index contributed by atoms with van der Waals surface area (Å²) in [6, 6.07) is 0. The molecule has 0 bridgehead atoms. The van der Waals surface area contributed by atoms with E-state index in [-0.39, 0.29) is 51.0 Å². The highest BCUT2D eigenvalue weighted by atomic mass is 16.5. The third kappa shape index (κ3) is 2.83. The molecule has 0 saturated heterocycles. The average molecular weight is 509 g/mol. The van der Waals surface area contributed by atoms with Crippen LogP contribution >= 0.6 is 0 Å². The number of carboxylic acids is 1. The molecule has 0 amide bonds. The van der Waals surface area contributed by atoms with Gasteiger partial charge in [-0.3, -0.25) is 9.59 Å². The van der Waals surface area contributed by atoms with Gasteiger partial charge in [0.25, 0.3) is 0 Å². The third-order valence-corrected chi connectivity index (χ3v) is 14.0. The first-order valence-corrected chi connectivity index (χ1v) is 14.8. The number of hydrogen-bond acceptors (Lipinski definition) is 3. The van der Waals surface area contributed by atoms with E-state index in [0.717, 1.165) is 51.4 Å². The lowest BCUT2D eigenvalue weighted by Gasteiger charge is -2.66. The molecule has 2 spiro atoms. The Morgan fingerprint density at radius 1 is 1.14 bits per heavy atom. The first-order valence-electron chi connectivity index (χ1n) is 14.8. The van der Waals surface area contributed by atoms with Crippen molar-refractivity contribution in [3.8, 4) is 12.3 Å². The molecule has 5 rings (SSSR count). The topological polar surface area (TPSA) is 63.6 Å². The Morgan fingerprint density at radius 2 is 1.84 bits per heavy atom. The zero-order valence-electron chi connectivity index (χ0n) is 24.0. The maximum atomic E-state index is 12.0. The van der Waals surface area contributed by atoms with Gasteiger partial charge in [0.05, 0.1) is 0 Å². The van der Waals surface area contributed by atoms with E-state index in [1.165, 1.54) is 13.3 Å². The number of hydrogen-bond donors (Lipinski definition) is 1. The molecule has 5 saturated carbocycles. The van der Waals surface area contributed by atoms with Gasteiger partial charge in [-0.05, 0) is 97.7 Å². The molecule has 0 aromatic heterocycles. The van der Waals surface area contributed by atoms with E-state index < -0.39 is 5.97 Å². The van der Waals surface area contributed by atoms with Crippen molar-refractivity contribution in [1.82, 2.24) is 0 Å². The molecular weight excluding hydrogens is 460 g/mol. The number of aliphatic carboxylic acids is 1. The quantitative estimate of drug-likeness (QED) is 0.233. The van der Waals surface area contributed by atoms with Crippen molar-refractivity contribution < 1.29 is 19.4 Å². The van der Waals surface area contributed by atoms with Crippen molar-refractivity contribution in [1.29, 1.82) is 0 Å². The third-order valence-electron chi connectivity index (χ3n) is 14.0. The maximum Gasteiger partial charge on any atom is 0.303 e. The second kappa shape index (κ2) is 8.12. The number of carbonyl (C=O) groups is 2. The van der Waals surface area contributed by atoms with E-state index in [2.05, 4.69) is 53.2 Å². The van der Waals surface area contributed by atoms with Crippen LogP contribution in [0, 0.1) is 68.5 Å². The van der Waals surface area contributed by atoms with E-state index in [4.69, 9.17) is 11.2 Å². The number of fused-ring (bicyclic) bond motifs is 2. The van der Waals surface area contributed by atoms with Crippen LogP contribution in [0.1, 0.15) is 106 Å². The van der Waals surface area contributed by atoms with Crippen molar-refractivity contribution in [2.24, 2.45) is 56.2 Å². The van der Waals surface area contributed by atoms with E-state index in [1.807, 2.05) is 0 Å². The van der Waals surface area contributed by atoms with Gasteiger partial charge in [-0.15, -0.1) is 13.0 Å². The van der Waals surface area contributed by atoms with Gasteiger partial charge in [-0.1, -0.05) is 46.6 Å². The molecule has 204 valence electrons. The number of esters is 1. The number of carbonyl (C=O) groups excluding carboxylic acids is 1. The normalized spacial score (nSPS) is 49.8. The number of carboxylic acid groups (broad SMARTS) is 1. The highest BCUT2D eigenvalue weighted by molar-refractivity contribution is 5.66. The standard InChI is InChI=1S/C33H48O4/c1-9-30-16-13-24(21(3)11-12-27(35)36)29(30,8)19-20-32-22(4)33(32)18-15-26(37-23(5)34)28(6,7)31(33,10-2)17-14-25(30)32/h1,10,21-22,24-26H,2,11-20H2,3-8H3,(H,35,36)/t21-,22+,24-,25+,26+,29-,30+,31+,32+,33-/m1/s1. The molecule has 4 nitrogen and oxygen atoms in total. The lowest BCUT2D eigenvalue weighted by molar-refractivity contribution is -0.198. The molecule has 10 atom stereocenters. The highest BCUT2D eigenvalue weighted by Crippen LogP contribution is 2.94. The van der Waals surface area contributed by atoms with Gasteiger partial charge in [0.15, 0.2) is 0 Å². The summed E-state index contributed by atoms with van der Waals surface area (Å²) in [6.45, 7) is 17.9. The Labute approximate surface area is 224 Å². The minimum Gasteiger partial charge on any atom is -0.481 e. The molecule has 0 aromatic rings. The van der Waals surface area contributed by atoms with Gasteiger partial charge in [-0.2, -0.15) is 0 Å². The molecule has 0 unspecified atom stereocenters. The molecule has 0 heterocycles. The molecule has 5 aliphatic rings. The van der Waals surface area contributed by atoms with Crippen LogP contribution in [0.15, 0.2) is 12.7 Å². The summed E-state index contributed by atoms with van der Waals surface area (Å²) in [5.41, 5.74) is 0.0265. The number of allylic oxidation sites excluding steroid dienone is 1. The largest absolute Gasteiger partial charge is 0.481 e. The number of terminal acetylenes is 1. The fourth-order valence-corrected chi connectivity index (χ4v) is 12.5. The van der Waals surface area contributed by atoms with Crippen LogP contribution in [0.2, 0.25) is 0 Å². The highest BCUT2D eigenvalue weighted by Gasteiger charge is 2.90. The Kier molecular flexibility index (Phi) is 5.89. The zero-order chi connectivity index (χ0) is 27.2. The second-order valence-corrected chi connectivity index (χ2v) is 14.4. The van der Waals surface area contributed by atoms with Gasteiger partial charge >= 0.3 is 11.9 Å². The Bertz CT molecular complexity index is 1050. The van der Waals surface area contributed by atoms with Crippen LogP contribution in [0.25, 0.3) is 0 Å². The van der Waals surface area contributed by atoms with Crippen molar-refractivity contribution in [2.45, 2.75) is 112 Å². The predicted molar refractivity (Wildman–Crippen MR) is 145 cm³/mol. The van der Waals surface area contributed by atoms with E-state index in [1.54, 1.807) is 0 Å². The summed E-state index contributed by atoms with van der Waals surface area (Å²) >= 11 is 0. The van der Waals surface area contributed by atoms with Crippen LogP contribution < -0.4 is 0 Å². The van der Waals surface area contributed by atoms with Crippen molar-refractivity contribution in [3.63, 3.8) is 0 Å². The van der Waals surface area contributed by atoms with E-state index >= 15 is 0 Å². The number of ether oxygens (including phenoxy) is 1. The summed E-state index contributed by atoms with van der Waals surface area (Å²) in [5, 5.41) is 9.32. The molecule has 0 radical (unpaired) electrons.